The lowest BCUT2D eigenvalue weighted by atomic mass is 10.1. The minimum absolute atomic E-state index is 0.241. The molecule has 106 valence electrons. The highest BCUT2D eigenvalue weighted by molar-refractivity contribution is 7.15. The predicted molar refractivity (Wildman–Crippen MR) is 80.2 cm³/mol. The average molecular weight is 291 g/mol. The first-order valence-electron chi connectivity index (χ1n) is 6.36. The second kappa shape index (κ2) is 6.42. The van der Waals surface area contributed by atoms with Crippen LogP contribution in [0, 0.1) is 5.92 Å². The van der Waals surface area contributed by atoms with Crippen LogP contribution in [0.15, 0.2) is 18.3 Å². The number of hydrogen-bond acceptors (Lipinski definition) is 6. The first-order valence-corrected chi connectivity index (χ1v) is 7.18. The van der Waals surface area contributed by atoms with E-state index in [2.05, 4.69) is 39.7 Å². The number of carbonyl (C=O) groups excluding carboxylic acids is 1. The van der Waals surface area contributed by atoms with E-state index >= 15 is 0 Å². The minimum Gasteiger partial charge on any atom is -0.372 e. The molecule has 0 radical (unpaired) electrons. The first kappa shape index (κ1) is 14.4. The number of hydrogen-bond donors (Lipinski definition) is 2. The van der Waals surface area contributed by atoms with Gasteiger partial charge in [0.05, 0.1) is 5.56 Å². The second-order valence-electron chi connectivity index (χ2n) is 4.70. The van der Waals surface area contributed by atoms with E-state index < -0.39 is 0 Å². The highest BCUT2D eigenvalue weighted by Crippen LogP contribution is 2.20. The lowest BCUT2D eigenvalue weighted by Gasteiger charge is -2.06. The molecule has 1 amide bonds. The Morgan fingerprint density at radius 3 is 2.90 bits per heavy atom. The van der Waals surface area contributed by atoms with Gasteiger partial charge in [-0.2, -0.15) is 0 Å². The minimum atomic E-state index is -0.241. The van der Waals surface area contributed by atoms with E-state index in [0.717, 1.165) is 11.4 Å². The largest absolute Gasteiger partial charge is 0.372 e. The summed E-state index contributed by atoms with van der Waals surface area (Å²) in [5, 5.41) is 15.1. The molecule has 0 saturated heterocycles. The molecular formula is C13H17N5OS. The molecule has 0 spiro atoms. The number of nitrogens with zero attached hydrogens (tertiary/aromatic N) is 3. The summed E-state index contributed by atoms with van der Waals surface area (Å²) in [5.41, 5.74) is 0.482. The third-order valence-electron chi connectivity index (χ3n) is 2.56. The topological polar surface area (TPSA) is 79.8 Å². The van der Waals surface area contributed by atoms with E-state index in [4.69, 9.17) is 0 Å². The van der Waals surface area contributed by atoms with Crippen LogP contribution in [0.25, 0.3) is 0 Å². The Bertz CT molecular complexity index is 596. The molecule has 0 aliphatic heterocycles. The molecule has 0 aromatic carbocycles. The summed E-state index contributed by atoms with van der Waals surface area (Å²) in [7, 11) is 1.73. The predicted octanol–water partition coefficient (Wildman–Crippen LogP) is 2.43. The standard InChI is InChI=1S/C13H17N5OS/c1-8(2)7-10-17-18-13(20-10)16-12(19)9-5-4-6-15-11(9)14-3/h4-6,8H,7H2,1-3H3,(H,14,15)(H,16,18,19). The molecule has 2 rings (SSSR count). The lowest BCUT2D eigenvalue weighted by Crippen LogP contribution is -2.14. The van der Waals surface area contributed by atoms with Gasteiger partial charge >= 0.3 is 0 Å². The molecule has 0 saturated carbocycles. The fraction of sp³-hybridized carbons (Fsp3) is 0.385. The maximum atomic E-state index is 12.2. The van der Waals surface area contributed by atoms with Crippen LogP contribution >= 0.6 is 11.3 Å². The van der Waals surface area contributed by atoms with Crippen LogP contribution in [-0.2, 0) is 6.42 Å². The molecule has 0 bridgehead atoms. The van der Waals surface area contributed by atoms with Crippen LogP contribution < -0.4 is 10.6 Å². The Morgan fingerprint density at radius 2 is 2.20 bits per heavy atom. The van der Waals surface area contributed by atoms with E-state index in [1.807, 2.05) is 0 Å². The number of amides is 1. The van der Waals surface area contributed by atoms with Crippen LogP contribution in [0.2, 0.25) is 0 Å². The van der Waals surface area contributed by atoms with Crippen molar-refractivity contribution in [3.8, 4) is 0 Å². The molecule has 2 aromatic rings. The van der Waals surface area contributed by atoms with Crippen molar-refractivity contribution in [3.63, 3.8) is 0 Å². The van der Waals surface area contributed by atoms with Gasteiger partial charge in [0.2, 0.25) is 5.13 Å². The number of carbonyl (C=O) groups is 1. The summed E-state index contributed by atoms with van der Waals surface area (Å²) in [4.78, 5) is 16.3. The quantitative estimate of drug-likeness (QED) is 0.884. The van der Waals surface area contributed by atoms with Crippen molar-refractivity contribution in [3.05, 3.63) is 28.9 Å². The van der Waals surface area contributed by atoms with Crippen molar-refractivity contribution in [2.45, 2.75) is 20.3 Å². The summed E-state index contributed by atoms with van der Waals surface area (Å²) >= 11 is 1.40. The van der Waals surface area contributed by atoms with Gasteiger partial charge in [-0.1, -0.05) is 25.2 Å². The molecule has 2 heterocycles. The average Bonchev–Trinajstić information content (AvgIpc) is 2.85. The van der Waals surface area contributed by atoms with Crippen LogP contribution in [0.3, 0.4) is 0 Å². The van der Waals surface area contributed by atoms with Crippen LogP contribution in [0.4, 0.5) is 10.9 Å². The smallest absolute Gasteiger partial charge is 0.261 e. The fourth-order valence-corrected chi connectivity index (χ4v) is 2.63. The van der Waals surface area contributed by atoms with Gasteiger partial charge in [-0.3, -0.25) is 10.1 Å². The van der Waals surface area contributed by atoms with Gasteiger partial charge in [-0.25, -0.2) is 4.98 Å². The molecule has 7 heteroatoms. The SMILES string of the molecule is CNc1ncccc1C(=O)Nc1nnc(CC(C)C)s1. The zero-order valence-corrected chi connectivity index (χ0v) is 12.5. The van der Waals surface area contributed by atoms with Crippen molar-refractivity contribution < 1.29 is 4.79 Å². The molecule has 0 unspecified atom stereocenters. The molecule has 0 atom stereocenters. The highest BCUT2D eigenvalue weighted by Gasteiger charge is 2.14. The number of anilines is 2. The number of pyridine rings is 1. The third-order valence-corrected chi connectivity index (χ3v) is 3.42. The Balaban J connectivity index is 2.09. The van der Waals surface area contributed by atoms with E-state index in [1.165, 1.54) is 11.3 Å². The maximum Gasteiger partial charge on any atom is 0.261 e. The Labute approximate surface area is 121 Å². The van der Waals surface area contributed by atoms with Crippen LogP contribution in [0.1, 0.15) is 29.2 Å². The molecular weight excluding hydrogens is 274 g/mol. The van der Waals surface area contributed by atoms with Gasteiger partial charge < -0.3 is 5.32 Å². The van der Waals surface area contributed by atoms with Crippen molar-refractivity contribution >= 4 is 28.2 Å². The van der Waals surface area contributed by atoms with Crippen molar-refractivity contribution in [1.29, 1.82) is 0 Å². The normalized spacial score (nSPS) is 10.6. The number of aromatic nitrogens is 3. The highest BCUT2D eigenvalue weighted by atomic mass is 32.1. The number of nitrogens with one attached hydrogen (secondary N) is 2. The lowest BCUT2D eigenvalue weighted by molar-refractivity contribution is 0.102. The van der Waals surface area contributed by atoms with Gasteiger partial charge in [0.25, 0.3) is 5.91 Å². The van der Waals surface area contributed by atoms with Gasteiger partial charge in [0.15, 0.2) is 0 Å². The van der Waals surface area contributed by atoms with E-state index in [0.29, 0.717) is 22.4 Å². The van der Waals surface area contributed by atoms with Crippen molar-refractivity contribution in [1.82, 2.24) is 15.2 Å². The van der Waals surface area contributed by atoms with Gasteiger partial charge in [-0.15, -0.1) is 10.2 Å². The summed E-state index contributed by atoms with van der Waals surface area (Å²) < 4.78 is 0. The van der Waals surface area contributed by atoms with Crippen molar-refractivity contribution in [2.24, 2.45) is 5.92 Å². The molecule has 6 nitrogen and oxygen atoms in total. The number of rotatable bonds is 5. The molecule has 2 N–H and O–H groups in total. The van der Waals surface area contributed by atoms with Gasteiger partial charge in [-0.05, 0) is 18.1 Å². The summed E-state index contributed by atoms with van der Waals surface area (Å²) in [6.07, 6.45) is 2.50. The van der Waals surface area contributed by atoms with E-state index in [9.17, 15) is 4.79 Å². The van der Waals surface area contributed by atoms with Gasteiger partial charge in [0, 0.05) is 19.7 Å². The monoisotopic (exact) mass is 291 g/mol. The molecule has 0 fully saturated rings. The first-order chi connectivity index (χ1) is 9.60. The molecule has 0 aliphatic carbocycles. The maximum absolute atomic E-state index is 12.2. The summed E-state index contributed by atoms with van der Waals surface area (Å²) in [6, 6.07) is 3.43. The Morgan fingerprint density at radius 1 is 1.40 bits per heavy atom. The zero-order chi connectivity index (χ0) is 14.5. The van der Waals surface area contributed by atoms with Crippen LogP contribution in [0.5, 0.6) is 0 Å². The van der Waals surface area contributed by atoms with E-state index in [-0.39, 0.29) is 5.91 Å². The molecule has 2 aromatic heterocycles. The van der Waals surface area contributed by atoms with E-state index in [1.54, 1.807) is 25.4 Å². The molecule has 20 heavy (non-hydrogen) atoms. The fourth-order valence-electron chi connectivity index (χ4n) is 1.69. The summed E-state index contributed by atoms with van der Waals surface area (Å²) in [6.45, 7) is 4.24. The second-order valence-corrected chi connectivity index (χ2v) is 5.76. The Hall–Kier alpha value is -2.02. The van der Waals surface area contributed by atoms with Gasteiger partial charge in [0.1, 0.15) is 10.8 Å². The zero-order valence-electron chi connectivity index (χ0n) is 11.7. The Kier molecular flexibility index (Phi) is 4.62. The summed E-state index contributed by atoms with van der Waals surface area (Å²) in [5.74, 6) is 0.812. The molecule has 0 aliphatic rings. The van der Waals surface area contributed by atoms with Crippen molar-refractivity contribution in [2.75, 3.05) is 17.7 Å². The third kappa shape index (κ3) is 3.51. The van der Waals surface area contributed by atoms with Crippen LogP contribution in [-0.4, -0.2) is 28.1 Å².